The quantitative estimate of drug-likeness (QED) is 0.861. The molecule has 0 bridgehead atoms. The van der Waals surface area contributed by atoms with Crippen LogP contribution in [0.4, 0.5) is 0 Å². The van der Waals surface area contributed by atoms with Gasteiger partial charge in [-0.2, -0.15) is 0 Å². The van der Waals surface area contributed by atoms with E-state index in [1.54, 1.807) is 0 Å². The predicted molar refractivity (Wildman–Crippen MR) is 85.6 cm³/mol. The summed E-state index contributed by atoms with van der Waals surface area (Å²) >= 11 is 3.54. The van der Waals surface area contributed by atoms with Crippen molar-refractivity contribution in [3.05, 3.63) is 34.3 Å². The molecule has 1 atom stereocenters. The standard InChI is InChI=1S/C16H23BrN2O/c1-12(14-9-5-6-10-15(14)17)18-11-16(20)19-13-7-3-2-4-8-13/h5-6,9-10,12-13,18H,2-4,7-8,11H2,1H3,(H,19,20)/t12-/m0/s1. The fraction of sp³-hybridized carbons (Fsp3) is 0.562. The van der Waals surface area contributed by atoms with Crippen molar-refractivity contribution in [2.45, 2.75) is 51.1 Å². The number of carbonyl (C=O) groups excluding carboxylic acids is 1. The molecule has 0 heterocycles. The van der Waals surface area contributed by atoms with Gasteiger partial charge in [0.15, 0.2) is 0 Å². The molecule has 110 valence electrons. The Bertz CT molecular complexity index is 444. The summed E-state index contributed by atoms with van der Waals surface area (Å²) in [4.78, 5) is 11.9. The smallest absolute Gasteiger partial charge is 0.234 e. The van der Waals surface area contributed by atoms with Crippen LogP contribution in [0.2, 0.25) is 0 Å². The molecule has 2 rings (SSSR count). The highest BCUT2D eigenvalue weighted by molar-refractivity contribution is 9.10. The van der Waals surface area contributed by atoms with E-state index in [9.17, 15) is 4.79 Å². The molecular formula is C16H23BrN2O. The number of hydrogen-bond acceptors (Lipinski definition) is 2. The van der Waals surface area contributed by atoms with Crippen LogP contribution in [0, 0.1) is 0 Å². The largest absolute Gasteiger partial charge is 0.352 e. The molecule has 1 aliphatic rings. The third-order valence-electron chi connectivity index (χ3n) is 3.91. The van der Waals surface area contributed by atoms with Gasteiger partial charge in [-0.3, -0.25) is 4.79 Å². The van der Waals surface area contributed by atoms with Gasteiger partial charge >= 0.3 is 0 Å². The molecule has 0 radical (unpaired) electrons. The zero-order chi connectivity index (χ0) is 14.4. The minimum atomic E-state index is 0.107. The number of nitrogens with one attached hydrogen (secondary N) is 2. The highest BCUT2D eigenvalue weighted by Gasteiger charge is 2.16. The molecule has 1 aromatic carbocycles. The highest BCUT2D eigenvalue weighted by atomic mass is 79.9. The fourth-order valence-corrected chi connectivity index (χ4v) is 3.34. The number of carbonyl (C=O) groups is 1. The maximum atomic E-state index is 11.9. The van der Waals surface area contributed by atoms with Gasteiger partial charge in [0.05, 0.1) is 6.54 Å². The normalized spacial score (nSPS) is 17.7. The highest BCUT2D eigenvalue weighted by Crippen LogP contribution is 2.22. The second-order valence-corrected chi connectivity index (χ2v) is 6.38. The van der Waals surface area contributed by atoms with E-state index in [2.05, 4.69) is 39.6 Å². The zero-order valence-corrected chi connectivity index (χ0v) is 13.6. The average molecular weight is 339 g/mol. The van der Waals surface area contributed by atoms with E-state index in [0.29, 0.717) is 12.6 Å². The minimum absolute atomic E-state index is 0.107. The summed E-state index contributed by atoms with van der Waals surface area (Å²) in [5.41, 5.74) is 1.18. The zero-order valence-electron chi connectivity index (χ0n) is 12.0. The van der Waals surface area contributed by atoms with Gasteiger partial charge in [0.25, 0.3) is 0 Å². The summed E-state index contributed by atoms with van der Waals surface area (Å²) < 4.78 is 1.08. The molecule has 0 aromatic heterocycles. The Morgan fingerprint density at radius 3 is 2.70 bits per heavy atom. The van der Waals surface area contributed by atoms with E-state index in [4.69, 9.17) is 0 Å². The van der Waals surface area contributed by atoms with Gasteiger partial charge in [-0.15, -0.1) is 0 Å². The van der Waals surface area contributed by atoms with Crippen LogP contribution in [0.3, 0.4) is 0 Å². The van der Waals surface area contributed by atoms with E-state index in [-0.39, 0.29) is 11.9 Å². The van der Waals surface area contributed by atoms with Crippen LogP contribution >= 0.6 is 15.9 Å². The first-order chi connectivity index (χ1) is 9.66. The van der Waals surface area contributed by atoms with Crippen LogP contribution in [-0.2, 0) is 4.79 Å². The molecule has 0 aliphatic heterocycles. The Morgan fingerprint density at radius 2 is 2.00 bits per heavy atom. The lowest BCUT2D eigenvalue weighted by molar-refractivity contribution is -0.121. The maximum absolute atomic E-state index is 11.9. The van der Waals surface area contributed by atoms with Crippen molar-refractivity contribution in [2.75, 3.05) is 6.54 Å². The van der Waals surface area contributed by atoms with Gasteiger partial charge in [-0.05, 0) is 31.4 Å². The fourth-order valence-electron chi connectivity index (χ4n) is 2.71. The molecule has 2 N–H and O–H groups in total. The Hall–Kier alpha value is -0.870. The van der Waals surface area contributed by atoms with Gasteiger partial charge in [0, 0.05) is 16.6 Å². The second-order valence-electron chi connectivity index (χ2n) is 5.53. The van der Waals surface area contributed by atoms with Gasteiger partial charge in [0.1, 0.15) is 0 Å². The van der Waals surface area contributed by atoms with Crippen LogP contribution in [0.1, 0.15) is 50.6 Å². The SMILES string of the molecule is C[C@H](NCC(=O)NC1CCCCC1)c1ccccc1Br. The number of halogens is 1. The first-order valence-electron chi connectivity index (χ1n) is 7.44. The Balaban J connectivity index is 1.76. The number of rotatable bonds is 5. The van der Waals surface area contributed by atoms with Crippen molar-refractivity contribution in [3.63, 3.8) is 0 Å². The molecular weight excluding hydrogens is 316 g/mol. The summed E-state index contributed by atoms with van der Waals surface area (Å²) in [5.74, 6) is 0.107. The van der Waals surface area contributed by atoms with Crippen LogP contribution in [0.5, 0.6) is 0 Å². The van der Waals surface area contributed by atoms with Gasteiger partial charge < -0.3 is 10.6 Å². The molecule has 3 nitrogen and oxygen atoms in total. The third kappa shape index (κ3) is 4.60. The van der Waals surface area contributed by atoms with Crippen LogP contribution in [-0.4, -0.2) is 18.5 Å². The Labute approximate surface area is 129 Å². The van der Waals surface area contributed by atoms with Crippen molar-refractivity contribution in [3.8, 4) is 0 Å². The molecule has 0 spiro atoms. The lowest BCUT2D eigenvalue weighted by Gasteiger charge is -2.23. The summed E-state index contributed by atoms with van der Waals surface area (Å²) in [5, 5.41) is 6.41. The van der Waals surface area contributed by atoms with E-state index >= 15 is 0 Å². The van der Waals surface area contributed by atoms with Crippen LogP contribution < -0.4 is 10.6 Å². The van der Waals surface area contributed by atoms with Crippen molar-refractivity contribution in [1.82, 2.24) is 10.6 Å². The summed E-state index contributed by atoms with van der Waals surface area (Å²) in [7, 11) is 0. The predicted octanol–water partition coefficient (Wildman–Crippen LogP) is 3.55. The molecule has 0 saturated heterocycles. The van der Waals surface area contributed by atoms with Crippen LogP contribution in [0.15, 0.2) is 28.7 Å². The Kier molecular flexibility index (Phi) is 6.05. The van der Waals surface area contributed by atoms with E-state index < -0.39 is 0 Å². The summed E-state index contributed by atoms with van der Waals surface area (Å²) in [6.07, 6.45) is 6.05. The molecule has 1 fully saturated rings. The minimum Gasteiger partial charge on any atom is -0.352 e. The second kappa shape index (κ2) is 7.79. The van der Waals surface area contributed by atoms with Crippen molar-refractivity contribution >= 4 is 21.8 Å². The van der Waals surface area contributed by atoms with Crippen LogP contribution in [0.25, 0.3) is 0 Å². The summed E-state index contributed by atoms with van der Waals surface area (Å²) in [6.45, 7) is 2.45. The monoisotopic (exact) mass is 338 g/mol. The Morgan fingerprint density at radius 1 is 1.30 bits per heavy atom. The molecule has 1 amide bonds. The average Bonchev–Trinajstić information content (AvgIpc) is 2.46. The lowest BCUT2D eigenvalue weighted by atomic mass is 9.95. The van der Waals surface area contributed by atoms with E-state index in [1.165, 1.54) is 24.8 Å². The van der Waals surface area contributed by atoms with E-state index in [0.717, 1.165) is 17.3 Å². The molecule has 4 heteroatoms. The summed E-state index contributed by atoms with van der Waals surface area (Å²) in [6, 6.07) is 8.65. The molecule has 1 aromatic rings. The molecule has 0 unspecified atom stereocenters. The maximum Gasteiger partial charge on any atom is 0.234 e. The van der Waals surface area contributed by atoms with Gasteiger partial charge in [-0.1, -0.05) is 53.4 Å². The van der Waals surface area contributed by atoms with Crippen molar-refractivity contribution in [1.29, 1.82) is 0 Å². The van der Waals surface area contributed by atoms with Gasteiger partial charge in [0.2, 0.25) is 5.91 Å². The number of benzene rings is 1. The molecule has 1 aliphatic carbocycles. The molecule has 20 heavy (non-hydrogen) atoms. The number of hydrogen-bond donors (Lipinski definition) is 2. The first-order valence-corrected chi connectivity index (χ1v) is 8.23. The topological polar surface area (TPSA) is 41.1 Å². The molecule has 1 saturated carbocycles. The number of amides is 1. The lowest BCUT2D eigenvalue weighted by Crippen LogP contribution is -2.41. The van der Waals surface area contributed by atoms with Gasteiger partial charge in [-0.25, -0.2) is 0 Å². The van der Waals surface area contributed by atoms with Crippen molar-refractivity contribution < 1.29 is 4.79 Å². The third-order valence-corrected chi connectivity index (χ3v) is 4.63. The first kappa shape index (κ1) is 15.5. The van der Waals surface area contributed by atoms with E-state index in [1.807, 2.05) is 18.2 Å². The van der Waals surface area contributed by atoms with Crippen molar-refractivity contribution in [2.24, 2.45) is 0 Å².